The van der Waals surface area contributed by atoms with Crippen LogP contribution in [0.4, 0.5) is 5.69 Å². The van der Waals surface area contributed by atoms with Crippen LogP contribution >= 0.6 is 0 Å². The van der Waals surface area contributed by atoms with E-state index in [0.29, 0.717) is 0 Å². The zero-order valence-electron chi connectivity index (χ0n) is 10.3. The van der Waals surface area contributed by atoms with Gasteiger partial charge >= 0.3 is 17.5 Å². The van der Waals surface area contributed by atoms with E-state index in [0.717, 1.165) is 18.5 Å². The lowest BCUT2D eigenvalue weighted by Crippen LogP contribution is -2.03. The van der Waals surface area contributed by atoms with Crippen molar-refractivity contribution in [1.82, 2.24) is 9.97 Å². The first-order valence-electron chi connectivity index (χ1n) is 5.43. The summed E-state index contributed by atoms with van der Waals surface area (Å²) in [5.41, 5.74) is -1.12. The van der Waals surface area contributed by atoms with E-state index in [1.807, 2.05) is 0 Å². The molecule has 1 N–H and O–H groups in total. The van der Waals surface area contributed by atoms with Gasteiger partial charge in [-0.15, -0.1) is 0 Å². The van der Waals surface area contributed by atoms with E-state index in [1.54, 1.807) is 6.07 Å². The number of aromatic carboxylic acids is 1. The fraction of sp³-hybridized carbons (Fsp3) is 0. The summed E-state index contributed by atoms with van der Waals surface area (Å²) in [4.78, 5) is 28.6. The van der Waals surface area contributed by atoms with Gasteiger partial charge in [0.1, 0.15) is 17.2 Å². The van der Waals surface area contributed by atoms with Crippen molar-refractivity contribution in [3.63, 3.8) is 0 Å². The highest BCUT2D eigenvalue weighted by Gasteiger charge is 2.24. The fourth-order valence-electron chi connectivity index (χ4n) is 1.52. The Hall–Kier alpha value is -3.54. The third-order valence-corrected chi connectivity index (χ3v) is 2.42. The molecule has 0 aliphatic carbocycles. The number of hydrogen-bond donors (Lipinski definition) is 1. The zero-order chi connectivity index (χ0) is 15.4. The summed E-state index contributed by atoms with van der Waals surface area (Å²) in [6.45, 7) is 0. The first-order chi connectivity index (χ1) is 10.0. The van der Waals surface area contributed by atoms with E-state index in [4.69, 9.17) is 15.1 Å². The van der Waals surface area contributed by atoms with E-state index < -0.39 is 22.5 Å². The average molecular weight is 286 g/mol. The molecule has 2 rings (SSSR count). The highest BCUT2D eigenvalue weighted by Crippen LogP contribution is 2.32. The van der Waals surface area contributed by atoms with Crippen molar-refractivity contribution in [1.29, 1.82) is 5.26 Å². The zero-order valence-corrected chi connectivity index (χ0v) is 10.3. The van der Waals surface area contributed by atoms with Gasteiger partial charge in [0.2, 0.25) is 0 Å². The Bertz CT molecular complexity index is 768. The minimum Gasteiger partial charge on any atom is -0.478 e. The van der Waals surface area contributed by atoms with Gasteiger partial charge in [0.25, 0.3) is 0 Å². The van der Waals surface area contributed by atoms with E-state index >= 15 is 0 Å². The molecular formula is C12H6N4O5. The van der Waals surface area contributed by atoms with Crippen molar-refractivity contribution in [2.45, 2.75) is 0 Å². The summed E-state index contributed by atoms with van der Waals surface area (Å²) in [6.07, 6.45) is 3.48. The van der Waals surface area contributed by atoms with Gasteiger partial charge in [0, 0.05) is 12.4 Å². The van der Waals surface area contributed by atoms with Crippen LogP contribution in [-0.4, -0.2) is 26.0 Å². The third-order valence-electron chi connectivity index (χ3n) is 2.42. The van der Waals surface area contributed by atoms with Gasteiger partial charge in [-0.25, -0.2) is 9.78 Å². The van der Waals surface area contributed by atoms with Crippen molar-refractivity contribution in [3.8, 4) is 17.7 Å². The molecule has 9 nitrogen and oxygen atoms in total. The summed E-state index contributed by atoms with van der Waals surface area (Å²) in [7, 11) is 0. The van der Waals surface area contributed by atoms with Gasteiger partial charge in [-0.2, -0.15) is 5.26 Å². The first-order valence-corrected chi connectivity index (χ1v) is 5.43. The number of carboxylic acids is 1. The van der Waals surface area contributed by atoms with E-state index in [2.05, 4.69) is 9.97 Å². The molecule has 0 saturated carbocycles. The van der Waals surface area contributed by atoms with Crippen molar-refractivity contribution < 1.29 is 19.6 Å². The molecule has 0 atom stereocenters. The molecule has 0 spiro atoms. The summed E-state index contributed by atoms with van der Waals surface area (Å²) < 4.78 is 5.16. The van der Waals surface area contributed by atoms with Crippen molar-refractivity contribution in [3.05, 3.63) is 52.0 Å². The second-order valence-corrected chi connectivity index (χ2v) is 3.66. The number of carboxylic acid groups (broad SMARTS) is 1. The Balaban J connectivity index is 2.53. The lowest BCUT2D eigenvalue weighted by molar-refractivity contribution is -0.386. The number of ether oxygens (including phenoxy) is 1. The fourth-order valence-corrected chi connectivity index (χ4v) is 1.52. The van der Waals surface area contributed by atoms with Gasteiger partial charge in [0.15, 0.2) is 5.75 Å². The largest absolute Gasteiger partial charge is 0.478 e. The maximum absolute atomic E-state index is 11.0. The van der Waals surface area contributed by atoms with Gasteiger partial charge < -0.3 is 9.84 Å². The van der Waals surface area contributed by atoms with Gasteiger partial charge in [-0.05, 0) is 12.1 Å². The Morgan fingerprint density at radius 1 is 1.43 bits per heavy atom. The molecule has 21 heavy (non-hydrogen) atoms. The number of nitriles is 1. The first kappa shape index (κ1) is 13.9. The minimum absolute atomic E-state index is 0.212. The van der Waals surface area contributed by atoms with E-state index in [-0.39, 0.29) is 16.9 Å². The number of aromatic nitrogens is 2. The number of pyridine rings is 2. The molecule has 0 saturated heterocycles. The van der Waals surface area contributed by atoms with Crippen molar-refractivity contribution in [2.24, 2.45) is 0 Å². The molecule has 2 heterocycles. The molecule has 0 aromatic carbocycles. The van der Waals surface area contributed by atoms with Gasteiger partial charge in [-0.3, -0.25) is 15.1 Å². The molecule has 2 aromatic heterocycles. The highest BCUT2D eigenvalue weighted by molar-refractivity contribution is 5.90. The maximum Gasteiger partial charge on any atom is 0.348 e. The Labute approximate surface area is 117 Å². The SMILES string of the molecule is N#Cc1ccnc(Oc2cnccc2C(=O)O)c1[N+](=O)[O-]. The Morgan fingerprint density at radius 3 is 2.81 bits per heavy atom. The van der Waals surface area contributed by atoms with Crippen LogP contribution in [-0.2, 0) is 0 Å². The average Bonchev–Trinajstić information content (AvgIpc) is 2.47. The second kappa shape index (κ2) is 5.62. The van der Waals surface area contributed by atoms with E-state index in [1.165, 1.54) is 12.3 Å². The number of nitro groups is 1. The molecule has 0 unspecified atom stereocenters. The monoisotopic (exact) mass is 286 g/mol. The van der Waals surface area contributed by atoms with E-state index in [9.17, 15) is 14.9 Å². The maximum atomic E-state index is 11.0. The molecule has 0 aliphatic heterocycles. The topological polar surface area (TPSA) is 139 Å². The summed E-state index contributed by atoms with van der Waals surface area (Å²) in [6, 6.07) is 3.98. The molecule has 0 radical (unpaired) electrons. The van der Waals surface area contributed by atoms with Crippen molar-refractivity contribution >= 4 is 11.7 Å². The quantitative estimate of drug-likeness (QED) is 0.662. The predicted molar refractivity (Wildman–Crippen MR) is 66.9 cm³/mol. The van der Waals surface area contributed by atoms with Crippen LogP contribution in [0.2, 0.25) is 0 Å². The Kier molecular flexibility index (Phi) is 3.71. The standard InChI is InChI=1S/C12H6N4O5/c13-5-7-1-4-15-11(10(7)16(19)20)21-9-6-14-3-2-8(9)12(17)18/h1-4,6H,(H,17,18). The number of rotatable bonds is 4. The molecule has 104 valence electrons. The number of carbonyl (C=O) groups is 1. The molecule has 2 aromatic rings. The highest BCUT2D eigenvalue weighted by atomic mass is 16.6. The predicted octanol–water partition coefficient (Wildman–Crippen LogP) is 1.75. The van der Waals surface area contributed by atoms with Crippen LogP contribution < -0.4 is 4.74 Å². The molecule has 0 aliphatic rings. The van der Waals surface area contributed by atoms with Gasteiger partial charge in [-0.1, -0.05) is 0 Å². The third kappa shape index (κ3) is 2.74. The normalized spacial score (nSPS) is 9.67. The van der Waals surface area contributed by atoms with Gasteiger partial charge in [0.05, 0.1) is 11.1 Å². The van der Waals surface area contributed by atoms with Crippen LogP contribution in [0, 0.1) is 21.4 Å². The molecule has 0 bridgehead atoms. The lowest BCUT2D eigenvalue weighted by Gasteiger charge is -2.07. The smallest absolute Gasteiger partial charge is 0.348 e. The number of nitrogens with zero attached hydrogens (tertiary/aromatic N) is 4. The summed E-state index contributed by atoms with van der Waals surface area (Å²) in [5, 5.41) is 28.9. The van der Waals surface area contributed by atoms with Crippen LogP contribution in [0.5, 0.6) is 11.6 Å². The van der Waals surface area contributed by atoms with Crippen LogP contribution in [0.3, 0.4) is 0 Å². The molecular weight excluding hydrogens is 280 g/mol. The molecule has 9 heteroatoms. The Morgan fingerprint density at radius 2 is 2.19 bits per heavy atom. The minimum atomic E-state index is -1.29. The lowest BCUT2D eigenvalue weighted by atomic mass is 10.2. The summed E-state index contributed by atoms with van der Waals surface area (Å²) in [5.74, 6) is -1.98. The molecule has 0 amide bonds. The molecule has 0 fully saturated rings. The van der Waals surface area contributed by atoms with Crippen LogP contribution in [0.25, 0.3) is 0 Å². The summed E-state index contributed by atoms with van der Waals surface area (Å²) >= 11 is 0. The van der Waals surface area contributed by atoms with Crippen molar-refractivity contribution in [2.75, 3.05) is 0 Å². The van der Waals surface area contributed by atoms with Crippen LogP contribution in [0.1, 0.15) is 15.9 Å². The second-order valence-electron chi connectivity index (χ2n) is 3.66. The number of hydrogen-bond acceptors (Lipinski definition) is 7. The van der Waals surface area contributed by atoms with Crippen LogP contribution in [0.15, 0.2) is 30.7 Å².